The van der Waals surface area contributed by atoms with E-state index in [-0.39, 0.29) is 24.1 Å². The monoisotopic (exact) mass is 380 g/mol. The summed E-state index contributed by atoms with van der Waals surface area (Å²) in [5.41, 5.74) is 0. The smallest absolute Gasteiger partial charge is 0.313 e. The van der Waals surface area contributed by atoms with Crippen LogP contribution < -0.4 is 0 Å². The van der Waals surface area contributed by atoms with Crippen molar-refractivity contribution in [3.05, 3.63) is 12.2 Å². The first-order valence-corrected chi connectivity index (χ1v) is 11.7. The molecule has 0 bridgehead atoms. The average Bonchev–Trinajstić information content (AvgIpc) is 2.64. The largest absolute Gasteiger partial charge is 0.461 e. The molecule has 158 valence electrons. The lowest BCUT2D eigenvalue weighted by Gasteiger charge is -2.35. The van der Waals surface area contributed by atoms with Gasteiger partial charge in [-0.3, -0.25) is 4.79 Å². The number of cyclic esters (lactones) is 1. The molecule has 0 spiro atoms. The van der Waals surface area contributed by atoms with Crippen molar-refractivity contribution in [2.45, 2.75) is 129 Å². The molecule has 1 N–H and O–H groups in total. The van der Waals surface area contributed by atoms with Gasteiger partial charge in [-0.2, -0.15) is 0 Å². The van der Waals surface area contributed by atoms with Gasteiger partial charge in [0.2, 0.25) is 0 Å². The number of carbonyl (C=O) groups excluding carboxylic acids is 1. The summed E-state index contributed by atoms with van der Waals surface area (Å²) in [5.74, 6) is -0.0653. The van der Waals surface area contributed by atoms with Crippen LogP contribution in [0.2, 0.25) is 0 Å². The number of rotatable bonds is 18. The lowest BCUT2D eigenvalue weighted by atomic mass is 9.89. The lowest BCUT2D eigenvalue weighted by Crippen LogP contribution is -2.46. The molecule has 1 rings (SSSR count). The molecule has 0 saturated carbocycles. The summed E-state index contributed by atoms with van der Waals surface area (Å²) >= 11 is 0. The van der Waals surface area contributed by atoms with Crippen molar-refractivity contribution in [1.29, 1.82) is 0 Å². The number of aliphatic hydroxyl groups is 1. The van der Waals surface area contributed by atoms with E-state index < -0.39 is 0 Å². The maximum Gasteiger partial charge on any atom is 0.313 e. The second kappa shape index (κ2) is 16.2. The van der Waals surface area contributed by atoms with Gasteiger partial charge in [0, 0.05) is 6.42 Å². The summed E-state index contributed by atoms with van der Waals surface area (Å²) in [6, 6.07) is 0. The van der Waals surface area contributed by atoms with Gasteiger partial charge in [0.05, 0.1) is 12.0 Å². The summed E-state index contributed by atoms with van der Waals surface area (Å²) in [5, 5.41) is 10.1. The Morgan fingerprint density at radius 1 is 0.889 bits per heavy atom. The van der Waals surface area contributed by atoms with Gasteiger partial charge < -0.3 is 9.84 Å². The predicted molar refractivity (Wildman–Crippen MR) is 114 cm³/mol. The molecular formula is C24H44O3. The summed E-state index contributed by atoms with van der Waals surface area (Å²) in [6.45, 7) is 4.28. The fourth-order valence-corrected chi connectivity index (χ4v) is 3.88. The summed E-state index contributed by atoms with van der Waals surface area (Å²) in [7, 11) is 0. The first-order valence-electron chi connectivity index (χ1n) is 11.7. The van der Waals surface area contributed by atoms with E-state index in [2.05, 4.69) is 19.1 Å². The minimum absolute atomic E-state index is 0.0220. The zero-order chi connectivity index (χ0) is 19.7. The van der Waals surface area contributed by atoms with Gasteiger partial charge >= 0.3 is 5.97 Å². The van der Waals surface area contributed by atoms with Crippen molar-refractivity contribution in [2.24, 2.45) is 5.92 Å². The van der Waals surface area contributed by atoms with Gasteiger partial charge in [-0.1, -0.05) is 83.8 Å². The Kier molecular flexibility index (Phi) is 14.5. The van der Waals surface area contributed by atoms with E-state index in [0.717, 1.165) is 19.3 Å². The maximum absolute atomic E-state index is 11.3. The van der Waals surface area contributed by atoms with E-state index in [9.17, 15) is 9.90 Å². The zero-order valence-electron chi connectivity index (χ0n) is 18.0. The minimum Gasteiger partial charge on any atom is -0.461 e. The van der Waals surface area contributed by atoms with Crippen molar-refractivity contribution in [3.63, 3.8) is 0 Å². The number of aliphatic hydroxyl groups excluding tert-OH is 1. The van der Waals surface area contributed by atoms with Gasteiger partial charge in [-0.05, 0) is 38.5 Å². The molecule has 27 heavy (non-hydrogen) atoms. The Balaban J connectivity index is 1.82. The minimum atomic E-state index is -0.318. The van der Waals surface area contributed by atoms with Gasteiger partial charge in [-0.25, -0.2) is 0 Å². The molecule has 3 atom stereocenters. The molecule has 0 aliphatic carbocycles. The van der Waals surface area contributed by atoms with Gasteiger partial charge in [-0.15, -0.1) is 0 Å². The highest BCUT2D eigenvalue weighted by molar-refractivity contribution is 5.78. The second-order valence-electron chi connectivity index (χ2n) is 8.25. The fourth-order valence-electron chi connectivity index (χ4n) is 3.88. The molecule has 1 aliphatic rings. The number of unbranched alkanes of at least 4 members (excludes halogenated alkanes) is 11. The van der Waals surface area contributed by atoms with Gasteiger partial charge in [0.1, 0.15) is 6.10 Å². The first kappa shape index (κ1) is 24.2. The molecule has 0 radical (unpaired) electrons. The normalized spacial score (nSPS) is 20.6. The molecule has 0 aromatic carbocycles. The standard InChI is InChI=1S/C24H44O3/c1-3-5-6-7-8-9-10-11-12-13-14-15-16-17-18-19-21(25)20-23-22(4-2)24(26)27-23/h11-12,21-23,25H,3-10,13-20H2,1-2H3/t21-,22+,23+/m1/s1. The van der Waals surface area contributed by atoms with Crippen molar-refractivity contribution >= 4 is 5.97 Å². The Bertz CT molecular complexity index is 391. The van der Waals surface area contributed by atoms with Crippen LogP contribution in [0.4, 0.5) is 0 Å². The topological polar surface area (TPSA) is 46.5 Å². The molecule has 1 heterocycles. The Labute approximate surface area is 168 Å². The number of allylic oxidation sites excluding steroid dienone is 2. The SMILES string of the molecule is CCCCCCCCC=CCCCCCCC[C@@H](O)C[C@@H]1OC(=O)[C@H]1CC. The van der Waals surface area contributed by atoms with E-state index in [1.165, 1.54) is 77.0 Å². The van der Waals surface area contributed by atoms with Crippen LogP contribution in [0.5, 0.6) is 0 Å². The third-order valence-electron chi connectivity index (χ3n) is 5.76. The molecule has 0 unspecified atom stereocenters. The highest BCUT2D eigenvalue weighted by Crippen LogP contribution is 2.29. The highest BCUT2D eigenvalue weighted by atomic mass is 16.6. The third-order valence-corrected chi connectivity index (χ3v) is 5.76. The third kappa shape index (κ3) is 11.6. The molecule has 0 aromatic rings. The van der Waals surface area contributed by atoms with E-state index in [0.29, 0.717) is 6.42 Å². The molecule has 0 aromatic heterocycles. The van der Waals surface area contributed by atoms with Crippen molar-refractivity contribution in [3.8, 4) is 0 Å². The van der Waals surface area contributed by atoms with E-state index in [4.69, 9.17) is 4.74 Å². The van der Waals surface area contributed by atoms with Crippen LogP contribution in [0.3, 0.4) is 0 Å². The molecule has 1 saturated heterocycles. The quantitative estimate of drug-likeness (QED) is 0.163. The maximum atomic E-state index is 11.3. The van der Waals surface area contributed by atoms with Crippen LogP contribution in [0.25, 0.3) is 0 Å². The second-order valence-corrected chi connectivity index (χ2v) is 8.25. The van der Waals surface area contributed by atoms with E-state index in [1.54, 1.807) is 0 Å². The number of hydrogen-bond donors (Lipinski definition) is 1. The zero-order valence-corrected chi connectivity index (χ0v) is 18.0. The average molecular weight is 381 g/mol. The van der Waals surface area contributed by atoms with E-state index >= 15 is 0 Å². The molecule has 3 nitrogen and oxygen atoms in total. The van der Waals surface area contributed by atoms with Crippen LogP contribution in [-0.4, -0.2) is 23.3 Å². The van der Waals surface area contributed by atoms with Crippen molar-refractivity contribution in [1.82, 2.24) is 0 Å². The molecule has 1 fully saturated rings. The van der Waals surface area contributed by atoms with Crippen LogP contribution in [0, 0.1) is 5.92 Å². The predicted octanol–water partition coefficient (Wildman–Crippen LogP) is 6.73. The summed E-state index contributed by atoms with van der Waals surface area (Å²) < 4.78 is 5.14. The van der Waals surface area contributed by atoms with Gasteiger partial charge in [0.15, 0.2) is 0 Å². The Morgan fingerprint density at radius 3 is 2.00 bits per heavy atom. The molecule has 1 aliphatic heterocycles. The Morgan fingerprint density at radius 2 is 1.44 bits per heavy atom. The number of ether oxygens (including phenoxy) is 1. The molecule has 3 heteroatoms. The van der Waals surface area contributed by atoms with E-state index in [1.807, 2.05) is 6.92 Å². The first-order chi connectivity index (χ1) is 13.2. The van der Waals surface area contributed by atoms with Crippen molar-refractivity contribution < 1.29 is 14.6 Å². The molecular weight excluding hydrogens is 336 g/mol. The fraction of sp³-hybridized carbons (Fsp3) is 0.875. The summed E-state index contributed by atoms with van der Waals surface area (Å²) in [4.78, 5) is 11.3. The van der Waals surface area contributed by atoms with Crippen LogP contribution >= 0.6 is 0 Å². The van der Waals surface area contributed by atoms with Crippen LogP contribution in [0.1, 0.15) is 117 Å². The van der Waals surface area contributed by atoms with Gasteiger partial charge in [0.25, 0.3) is 0 Å². The van der Waals surface area contributed by atoms with Crippen LogP contribution in [-0.2, 0) is 9.53 Å². The summed E-state index contributed by atoms with van der Waals surface area (Å²) in [6.07, 6.45) is 23.5. The number of hydrogen-bond acceptors (Lipinski definition) is 3. The van der Waals surface area contributed by atoms with Crippen LogP contribution in [0.15, 0.2) is 12.2 Å². The highest BCUT2D eigenvalue weighted by Gasteiger charge is 2.41. The van der Waals surface area contributed by atoms with Crippen molar-refractivity contribution in [2.75, 3.05) is 0 Å². The lowest BCUT2D eigenvalue weighted by molar-refractivity contribution is -0.188. The number of carbonyl (C=O) groups is 1. The molecule has 0 amide bonds. The Hall–Kier alpha value is -0.830. The number of esters is 1.